The van der Waals surface area contributed by atoms with Crippen LogP contribution in [0.1, 0.15) is 19.3 Å². The van der Waals surface area contributed by atoms with Gasteiger partial charge in [-0.25, -0.2) is 9.97 Å². The van der Waals surface area contributed by atoms with E-state index in [1.807, 2.05) is 30.5 Å². The Morgan fingerprint density at radius 3 is 3.00 bits per heavy atom. The first-order chi connectivity index (χ1) is 9.88. The van der Waals surface area contributed by atoms with Crippen LogP contribution in [0.2, 0.25) is 0 Å². The lowest BCUT2D eigenvalue weighted by Gasteiger charge is -2.15. The van der Waals surface area contributed by atoms with E-state index in [0.29, 0.717) is 0 Å². The van der Waals surface area contributed by atoms with Crippen LogP contribution in [0, 0.1) is 5.92 Å². The van der Waals surface area contributed by atoms with Crippen molar-refractivity contribution in [3.05, 3.63) is 30.5 Å². The second-order valence-electron chi connectivity index (χ2n) is 6.01. The van der Waals surface area contributed by atoms with Crippen molar-refractivity contribution < 1.29 is 0 Å². The van der Waals surface area contributed by atoms with Crippen LogP contribution in [0.25, 0.3) is 10.9 Å². The van der Waals surface area contributed by atoms with Crippen molar-refractivity contribution in [1.29, 1.82) is 0 Å². The third kappa shape index (κ3) is 2.48. The Bertz CT molecular complexity index is 608. The molecule has 20 heavy (non-hydrogen) atoms. The number of benzene rings is 1. The van der Waals surface area contributed by atoms with Crippen molar-refractivity contribution in [3.8, 4) is 0 Å². The number of para-hydroxylation sites is 1. The van der Waals surface area contributed by atoms with Gasteiger partial charge < -0.3 is 10.2 Å². The molecular formula is C16H20N4. The molecule has 1 aromatic carbocycles. The standard InChI is InChI=1S/C16H20N4/c1-2-4-15-13(3-1)10-18-16(19-15)17-9-12-7-8-20(11-12)14-5-6-14/h1-4,10,12,14H,5-9,11H2,(H,17,18,19). The van der Waals surface area contributed by atoms with Crippen LogP contribution in [0.3, 0.4) is 0 Å². The summed E-state index contributed by atoms with van der Waals surface area (Å²) in [5.74, 6) is 1.50. The lowest BCUT2D eigenvalue weighted by Crippen LogP contribution is -2.25. The number of nitrogens with zero attached hydrogens (tertiary/aromatic N) is 3. The van der Waals surface area contributed by atoms with Gasteiger partial charge in [-0.3, -0.25) is 0 Å². The minimum Gasteiger partial charge on any atom is -0.354 e. The molecule has 1 aromatic heterocycles. The molecule has 4 nitrogen and oxygen atoms in total. The fourth-order valence-corrected chi connectivity index (χ4v) is 3.09. The van der Waals surface area contributed by atoms with Gasteiger partial charge in [-0.15, -0.1) is 0 Å². The van der Waals surface area contributed by atoms with Gasteiger partial charge in [0.25, 0.3) is 0 Å². The predicted octanol–water partition coefficient (Wildman–Crippen LogP) is 2.53. The van der Waals surface area contributed by atoms with E-state index in [1.54, 1.807) is 0 Å². The fourth-order valence-electron chi connectivity index (χ4n) is 3.09. The summed E-state index contributed by atoms with van der Waals surface area (Å²) < 4.78 is 0. The molecule has 2 aromatic rings. The van der Waals surface area contributed by atoms with Crippen molar-refractivity contribution >= 4 is 16.9 Å². The van der Waals surface area contributed by atoms with Gasteiger partial charge >= 0.3 is 0 Å². The molecule has 4 rings (SSSR count). The molecule has 2 fully saturated rings. The average molecular weight is 268 g/mol. The number of nitrogens with one attached hydrogen (secondary N) is 1. The van der Waals surface area contributed by atoms with Gasteiger partial charge in [-0.2, -0.15) is 0 Å². The first kappa shape index (κ1) is 12.1. The van der Waals surface area contributed by atoms with Crippen LogP contribution >= 0.6 is 0 Å². The highest BCUT2D eigenvalue weighted by Gasteiger charge is 2.34. The number of hydrogen-bond donors (Lipinski definition) is 1. The summed E-state index contributed by atoms with van der Waals surface area (Å²) in [6.45, 7) is 3.50. The molecule has 2 aliphatic rings. The highest BCUT2D eigenvalue weighted by molar-refractivity contribution is 5.78. The Morgan fingerprint density at radius 1 is 1.20 bits per heavy atom. The minimum absolute atomic E-state index is 0.741. The second kappa shape index (κ2) is 5.02. The number of likely N-dealkylation sites (tertiary alicyclic amines) is 1. The highest BCUT2D eigenvalue weighted by atomic mass is 15.2. The molecule has 1 atom stereocenters. The second-order valence-corrected chi connectivity index (χ2v) is 6.01. The summed E-state index contributed by atoms with van der Waals surface area (Å²) >= 11 is 0. The number of hydrogen-bond acceptors (Lipinski definition) is 4. The lowest BCUT2D eigenvalue weighted by atomic mass is 10.1. The highest BCUT2D eigenvalue weighted by Crippen LogP contribution is 2.31. The maximum atomic E-state index is 4.57. The molecular weight excluding hydrogens is 248 g/mol. The zero-order valence-electron chi connectivity index (χ0n) is 11.6. The van der Waals surface area contributed by atoms with Crippen LogP contribution in [-0.2, 0) is 0 Å². The van der Waals surface area contributed by atoms with E-state index in [-0.39, 0.29) is 0 Å². The smallest absolute Gasteiger partial charge is 0.223 e. The van der Waals surface area contributed by atoms with E-state index < -0.39 is 0 Å². The molecule has 1 saturated carbocycles. The topological polar surface area (TPSA) is 41.1 Å². The molecule has 1 aliphatic heterocycles. The zero-order valence-corrected chi connectivity index (χ0v) is 11.6. The van der Waals surface area contributed by atoms with E-state index in [2.05, 4.69) is 20.2 Å². The van der Waals surface area contributed by atoms with Crippen molar-refractivity contribution in [1.82, 2.24) is 14.9 Å². The van der Waals surface area contributed by atoms with E-state index in [9.17, 15) is 0 Å². The van der Waals surface area contributed by atoms with Gasteiger partial charge in [0.15, 0.2) is 0 Å². The van der Waals surface area contributed by atoms with Crippen molar-refractivity contribution in [3.63, 3.8) is 0 Å². The van der Waals surface area contributed by atoms with Gasteiger partial charge in [0.05, 0.1) is 5.52 Å². The average Bonchev–Trinajstić information content (AvgIpc) is 3.24. The maximum Gasteiger partial charge on any atom is 0.223 e. The molecule has 0 spiro atoms. The van der Waals surface area contributed by atoms with Crippen LogP contribution in [0.4, 0.5) is 5.95 Å². The Morgan fingerprint density at radius 2 is 2.10 bits per heavy atom. The summed E-state index contributed by atoms with van der Waals surface area (Å²) in [4.78, 5) is 11.6. The summed E-state index contributed by atoms with van der Waals surface area (Å²) in [7, 11) is 0. The molecule has 1 unspecified atom stereocenters. The Balaban J connectivity index is 1.38. The molecule has 1 saturated heterocycles. The molecule has 2 heterocycles. The Hall–Kier alpha value is -1.68. The van der Waals surface area contributed by atoms with Gasteiger partial charge in [-0.05, 0) is 37.8 Å². The van der Waals surface area contributed by atoms with E-state index in [0.717, 1.165) is 35.4 Å². The summed E-state index contributed by atoms with van der Waals surface area (Å²) in [5, 5.41) is 4.51. The summed E-state index contributed by atoms with van der Waals surface area (Å²) in [6, 6.07) is 9.01. The van der Waals surface area contributed by atoms with E-state index in [4.69, 9.17) is 0 Å². The van der Waals surface area contributed by atoms with Crippen LogP contribution in [0.15, 0.2) is 30.5 Å². The zero-order chi connectivity index (χ0) is 13.4. The normalized spacial score (nSPS) is 23.3. The van der Waals surface area contributed by atoms with E-state index >= 15 is 0 Å². The van der Waals surface area contributed by atoms with Gasteiger partial charge in [0.1, 0.15) is 0 Å². The Kier molecular flexibility index (Phi) is 3.03. The van der Waals surface area contributed by atoms with Crippen LogP contribution < -0.4 is 5.32 Å². The third-order valence-corrected chi connectivity index (χ3v) is 4.42. The van der Waals surface area contributed by atoms with Gasteiger partial charge in [0.2, 0.25) is 5.95 Å². The number of rotatable bonds is 4. The molecule has 1 aliphatic carbocycles. The van der Waals surface area contributed by atoms with Crippen molar-refractivity contribution in [2.24, 2.45) is 5.92 Å². The van der Waals surface area contributed by atoms with E-state index in [1.165, 1.54) is 32.4 Å². The molecule has 4 heteroatoms. The van der Waals surface area contributed by atoms with Crippen LogP contribution in [-0.4, -0.2) is 40.5 Å². The number of fused-ring (bicyclic) bond motifs is 1. The monoisotopic (exact) mass is 268 g/mol. The van der Waals surface area contributed by atoms with Gasteiger partial charge in [-0.1, -0.05) is 18.2 Å². The first-order valence-corrected chi connectivity index (χ1v) is 7.58. The predicted molar refractivity (Wildman–Crippen MR) is 80.7 cm³/mol. The molecule has 1 N–H and O–H groups in total. The van der Waals surface area contributed by atoms with Crippen LogP contribution in [0.5, 0.6) is 0 Å². The Labute approximate surface area is 119 Å². The van der Waals surface area contributed by atoms with Gasteiger partial charge in [0, 0.05) is 30.7 Å². The molecule has 0 amide bonds. The largest absolute Gasteiger partial charge is 0.354 e. The fraction of sp³-hybridized carbons (Fsp3) is 0.500. The maximum absolute atomic E-state index is 4.57. The third-order valence-electron chi connectivity index (χ3n) is 4.42. The summed E-state index contributed by atoms with van der Waals surface area (Å²) in [5.41, 5.74) is 1.01. The summed E-state index contributed by atoms with van der Waals surface area (Å²) in [6.07, 6.45) is 6.02. The lowest BCUT2D eigenvalue weighted by molar-refractivity contribution is 0.316. The van der Waals surface area contributed by atoms with Crippen molar-refractivity contribution in [2.45, 2.75) is 25.3 Å². The number of anilines is 1. The molecule has 0 bridgehead atoms. The molecule has 0 radical (unpaired) electrons. The SMILES string of the molecule is c1ccc2nc(NCC3CCN(C4CC4)C3)ncc2c1. The van der Waals surface area contributed by atoms with Crippen molar-refractivity contribution in [2.75, 3.05) is 25.0 Å². The molecule has 104 valence electrons. The number of aromatic nitrogens is 2. The minimum atomic E-state index is 0.741. The first-order valence-electron chi connectivity index (χ1n) is 7.58. The quantitative estimate of drug-likeness (QED) is 0.925.